The highest BCUT2D eigenvalue weighted by Gasteiger charge is 2.77. The second-order valence-corrected chi connectivity index (χ2v) is 23.2. The van der Waals surface area contributed by atoms with Gasteiger partial charge >= 0.3 is 16.8 Å². The summed E-state index contributed by atoms with van der Waals surface area (Å²) >= 11 is 0. The van der Waals surface area contributed by atoms with Gasteiger partial charge in [0.05, 0.1) is 0 Å². The summed E-state index contributed by atoms with van der Waals surface area (Å²) in [5.41, 5.74) is 3.60. The standard InChI is InChI=1S/C54H40N8Si2/c1-9-25-41(26-10-1)49-55-50(42-27-11-2-12-28-42)58-53(57-49)61-63(45-33-17-5-18-34-45,46-35-19-6-20-36-46)62(64(61,47-37-21-7-22-38-47)48-39-23-8-24-40-48)54-59-51(43-29-13-3-14-30-43)56-52(60-54)44-31-15-4-16-32-44/h1-40H. The Morgan fingerprint density at radius 2 is 0.406 bits per heavy atom. The monoisotopic (exact) mass is 856 g/mol. The molecule has 0 atom stereocenters. The van der Waals surface area contributed by atoms with Gasteiger partial charge in [-0.3, -0.25) is 0 Å². The van der Waals surface area contributed by atoms with E-state index in [4.69, 9.17) is 29.9 Å². The van der Waals surface area contributed by atoms with Crippen LogP contribution in [0.1, 0.15) is 0 Å². The third-order valence-corrected chi connectivity index (χ3v) is 23.6. The molecule has 0 bridgehead atoms. The van der Waals surface area contributed by atoms with Gasteiger partial charge < -0.3 is 8.46 Å². The molecule has 0 spiro atoms. The fraction of sp³-hybridized carbons (Fsp3) is 0. The van der Waals surface area contributed by atoms with E-state index in [0.29, 0.717) is 35.2 Å². The van der Waals surface area contributed by atoms with Gasteiger partial charge in [-0.1, -0.05) is 243 Å². The summed E-state index contributed by atoms with van der Waals surface area (Å²) in [6.45, 7) is 0. The summed E-state index contributed by atoms with van der Waals surface area (Å²) in [5.74, 6) is 3.54. The first-order valence-corrected chi connectivity index (χ1v) is 25.1. The van der Waals surface area contributed by atoms with E-state index in [1.807, 2.05) is 72.8 Å². The summed E-state index contributed by atoms with van der Waals surface area (Å²) in [5, 5.41) is 4.51. The van der Waals surface area contributed by atoms with Crippen LogP contribution in [0.4, 0.5) is 11.9 Å². The number of nitrogens with zero attached hydrogens (tertiary/aromatic N) is 8. The lowest BCUT2D eigenvalue weighted by atomic mass is 10.2. The predicted octanol–water partition coefficient (Wildman–Crippen LogP) is 8.56. The minimum atomic E-state index is -3.61. The van der Waals surface area contributed by atoms with Gasteiger partial charge in [-0.05, 0) is 20.7 Å². The molecule has 3 heterocycles. The van der Waals surface area contributed by atoms with Crippen molar-refractivity contribution in [2.45, 2.75) is 0 Å². The number of rotatable bonds is 10. The molecule has 304 valence electrons. The Hall–Kier alpha value is -8.19. The second-order valence-electron chi connectivity index (χ2n) is 15.5. The highest BCUT2D eigenvalue weighted by Crippen LogP contribution is 2.44. The minimum absolute atomic E-state index is 0.586. The van der Waals surface area contributed by atoms with Gasteiger partial charge in [-0.2, -0.15) is 19.9 Å². The SMILES string of the molecule is c1ccc(-c2nc(-c3ccccc3)nc(N3[Si](c4ccccc4)(c4ccccc4)N(c4nc(-c5ccccc5)nc(-c5ccccc5)n4)[Si]3(c3ccccc3)c3ccccc3)n2)cc1. The molecule has 10 heteroatoms. The van der Waals surface area contributed by atoms with Crippen LogP contribution in [-0.4, -0.2) is 46.7 Å². The van der Waals surface area contributed by atoms with E-state index in [1.165, 1.54) is 0 Å². The molecule has 1 aliphatic rings. The second kappa shape index (κ2) is 16.6. The molecule has 0 aliphatic carbocycles. The largest absolute Gasteiger partial charge is 0.346 e. The van der Waals surface area contributed by atoms with Crippen molar-refractivity contribution in [3.05, 3.63) is 243 Å². The van der Waals surface area contributed by atoms with Crippen LogP contribution in [-0.2, 0) is 0 Å². The molecule has 2 aromatic heterocycles. The van der Waals surface area contributed by atoms with Crippen molar-refractivity contribution in [1.29, 1.82) is 0 Å². The molecule has 1 saturated heterocycles. The molecule has 8 aromatic carbocycles. The zero-order valence-electron chi connectivity index (χ0n) is 34.7. The molecule has 0 unspecified atom stereocenters. The van der Waals surface area contributed by atoms with Gasteiger partial charge in [0.15, 0.2) is 23.3 Å². The summed E-state index contributed by atoms with van der Waals surface area (Å²) in [7, 11) is -7.22. The highest BCUT2D eigenvalue weighted by molar-refractivity contribution is 7.38. The zero-order valence-corrected chi connectivity index (χ0v) is 36.7. The number of anilines is 2. The highest BCUT2D eigenvalue weighted by atomic mass is 28.5. The molecule has 1 aliphatic heterocycles. The Kier molecular flexibility index (Phi) is 10.0. The Labute approximate surface area is 374 Å². The quantitative estimate of drug-likeness (QED) is 0.127. The predicted molar refractivity (Wildman–Crippen MR) is 262 cm³/mol. The lowest BCUT2D eigenvalue weighted by Gasteiger charge is -2.70. The normalized spacial score (nSPS) is 13.8. The minimum Gasteiger partial charge on any atom is -0.346 e. The first-order chi connectivity index (χ1) is 31.7. The fourth-order valence-electron chi connectivity index (χ4n) is 9.05. The van der Waals surface area contributed by atoms with E-state index in [9.17, 15) is 0 Å². The Morgan fingerprint density at radius 3 is 0.609 bits per heavy atom. The summed E-state index contributed by atoms with van der Waals surface area (Å²) in [6.07, 6.45) is 0. The van der Waals surface area contributed by atoms with E-state index >= 15 is 0 Å². The van der Waals surface area contributed by atoms with Crippen molar-refractivity contribution in [3.63, 3.8) is 0 Å². The van der Waals surface area contributed by atoms with E-state index < -0.39 is 16.8 Å². The molecule has 0 N–H and O–H groups in total. The van der Waals surface area contributed by atoms with E-state index in [2.05, 4.69) is 178 Å². The zero-order chi connectivity index (χ0) is 42.8. The Morgan fingerprint density at radius 1 is 0.219 bits per heavy atom. The van der Waals surface area contributed by atoms with Crippen LogP contribution in [0.25, 0.3) is 45.6 Å². The van der Waals surface area contributed by atoms with E-state index in [-0.39, 0.29) is 0 Å². The van der Waals surface area contributed by atoms with Gasteiger partial charge in [-0.15, -0.1) is 0 Å². The van der Waals surface area contributed by atoms with Crippen LogP contribution in [0.15, 0.2) is 243 Å². The van der Waals surface area contributed by atoms with Crippen molar-refractivity contribution in [1.82, 2.24) is 29.9 Å². The van der Waals surface area contributed by atoms with Gasteiger partial charge in [0.25, 0.3) is 0 Å². The number of hydrogen-bond donors (Lipinski definition) is 0. The molecule has 11 rings (SSSR count). The van der Waals surface area contributed by atoms with Crippen molar-refractivity contribution < 1.29 is 0 Å². The third-order valence-electron chi connectivity index (χ3n) is 11.8. The van der Waals surface area contributed by atoms with Crippen molar-refractivity contribution in [2.75, 3.05) is 8.46 Å². The van der Waals surface area contributed by atoms with Crippen LogP contribution in [0.2, 0.25) is 0 Å². The molecule has 8 nitrogen and oxygen atoms in total. The summed E-state index contributed by atoms with van der Waals surface area (Å²) in [4.78, 5) is 32.8. The molecule has 0 amide bonds. The van der Waals surface area contributed by atoms with Crippen LogP contribution < -0.4 is 29.2 Å². The number of aromatic nitrogens is 6. The summed E-state index contributed by atoms with van der Waals surface area (Å²) in [6, 6.07) is 84.2. The molecule has 0 radical (unpaired) electrons. The van der Waals surface area contributed by atoms with Crippen LogP contribution in [0.3, 0.4) is 0 Å². The molecule has 0 saturated carbocycles. The van der Waals surface area contributed by atoms with Gasteiger partial charge in [0.2, 0.25) is 11.9 Å². The van der Waals surface area contributed by atoms with Crippen LogP contribution in [0.5, 0.6) is 0 Å². The first-order valence-electron chi connectivity index (χ1n) is 21.3. The van der Waals surface area contributed by atoms with Gasteiger partial charge in [0.1, 0.15) is 0 Å². The van der Waals surface area contributed by atoms with E-state index in [0.717, 1.165) is 43.0 Å². The molecule has 1 fully saturated rings. The molecular weight excluding hydrogens is 817 g/mol. The topological polar surface area (TPSA) is 83.8 Å². The Bertz CT molecular complexity index is 2730. The lowest BCUT2D eigenvalue weighted by Crippen LogP contribution is -3.08. The molecular formula is C54H40N8Si2. The van der Waals surface area contributed by atoms with Crippen LogP contribution >= 0.6 is 0 Å². The average molecular weight is 857 g/mol. The number of hydrogen-bond acceptors (Lipinski definition) is 8. The number of benzene rings is 8. The maximum atomic E-state index is 5.60. The molecule has 10 aromatic rings. The maximum absolute atomic E-state index is 5.60. The summed E-state index contributed by atoms with van der Waals surface area (Å²) < 4.78 is 5.29. The average Bonchev–Trinajstić information content (AvgIpc) is 3.38. The maximum Gasteiger partial charge on any atom is 0.323 e. The van der Waals surface area contributed by atoms with Gasteiger partial charge in [0, 0.05) is 22.3 Å². The van der Waals surface area contributed by atoms with Crippen molar-refractivity contribution in [2.24, 2.45) is 0 Å². The lowest BCUT2D eigenvalue weighted by molar-refractivity contribution is 0.993. The molecule has 64 heavy (non-hydrogen) atoms. The smallest absolute Gasteiger partial charge is 0.323 e. The first kappa shape index (κ1) is 38.7. The fourth-order valence-corrected chi connectivity index (χ4v) is 23.8. The van der Waals surface area contributed by atoms with Crippen molar-refractivity contribution in [3.8, 4) is 45.6 Å². The Balaban J connectivity index is 1.33. The third kappa shape index (κ3) is 6.51. The van der Waals surface area contributed by atoms with E-state index in [1.54, 1.807) is 0 Å². The van der Waals surface area contributed by atoms with Crippen molar-refractivity contribution >= 4 is 49.4 Å². The van der Waals surface area contributed by atoms with Gasteiger partial charge in [-0.25, -0.2) is 9.97 Å². The van der Waals surface area contributed by atoms with Crippen LogP contribution in [0, 0.1) is 0 Å².